The summed E-state index contributed by atoms with van der Waals surface area (Å²) in [4.78, 5) is 21.0. The van der Waals surface area contributed by atoms with Gasteiger partial charge in [0.25, 0.3) is 0 Å². The summed E-state index contributed by atoms with van der Waals surface area (Å²) in [7, 11) is 1.45. The predicted octanol–water partition coefficient (Wildman–Crippen LogP) is 3.96. The van der Waals surface area contributed by atoms with E-state index in [4.69, 9.17) is 23.7 Å². The van der Waals surface area contributed by atoms with Crippen molar-refractivity contribution in [3.8, 4) is 5.75 Å². The standard InChI is InChI=1S/C25H30FIN4O6/c1-33-16-24(32)31-22-14-20-21(28-17-29-25(20)30-19-4-2-3-18(27)13-19)15-23(22)37-12-11-36-10-9-35-8-7-34-6-5-26/h2-4,13-15,17H,5-12,16H2,1H3,(H,31,32)(H,28,29,30). The Labute approximate surface area is 228 Å². The first-order chi connectivity index (χ1) is 18.1. The van der Waals surface area contributed by atoms with Crippen LogP contribution in [-0.2, 0) is 23.7 Å². The van der Waals surface area contributed by atoms with Crippen molar-refractivity contribution in [2.24, 2.45) is 0 Å². The van der Waals surface area contributed by atoms with Crippen LogP contribution in [0.4, 0.5) is 21.6 Å². The second-order valence-electron chi connectivity index (χ2n) is 7.58. The molecule has 3 aromatic rings. The molecule has 0 atom stereocenters. The zero-order chi connectivity index (χ0) is 26.3. The number of alkyl halides is 1. The molecular weight excluding hydrogens is 598 g/mol. The molecule has 0 aliphatic carbocycles. The van der Waals surface area contributed by atoms with Gasteiger partial charge in [0.05, 0.1) is 50.8 Å². The molecule has 37 heavy (non-hydrogen) atoms. The van der Waals surface area contributed by atoms with Crippen molar-refractivity contribution in [1.82, 2.24) is 9.97 Å². The van der Waals surface area contributed by atoms with Gasteiger partial charge in [-0.05, 0) is 46.9 Å². The van der Waals surface area contributed by atoms with Crippen LogP contribution in [-0.4, -0.2) is 82.5 Å². The zero-order valence-corrected chi connectivity index (χ0v) is 22.7. The van der Waals surface area contributed by atoms with E-state index < -0.39 is 6.67 Å². The number of methoxy groups -OCH3 is 1. The average molecular weight is 628 g/mol. The maximum atomic E-state index is 12.3. The van der Waals surface area contributed by atoms with Crippen LogP contribution >= 0.6 is 22.6 Å². The highest BCUT2D eigenvalue weighted by Gasteiger charge is 2.14. The molecule has 0 unspecified atom stereocenters. The first kappa shape index (κ1) is 28.9. The third kappa shape index (κ3) is 9.97. The predicted molar refractivity (Wildman–Crippen MR) is 146 cm³/mol. The topological polar surface area (TPSA) is 113 Å². The zero-order valence-electron chi connectivity index (χ0n) is 20.5. The van der Waals surface area contributed by atoms with Crippen LogP contribution in [0.1, 0.15) is 0 Å². The lowest BCUT2D eigenvalue weighted by Gasteiger charge is -2.15. The van der Waals surface area contributed by atoms with Gasteiger partial charge in [-0.2, -0.15) is 0 Å². The Hall–Kier alpha value is -2.65. The third-order valence-corrected chi connectivity index (χ3v) is 5.50. The molecule has 0 saturated carbocycles. The Bertz CT molecular complexity index is 1140. The van der Waals surface area contributed by atoms with Crippen LogP contribution in [0.5, 0.6) is 5.75 Å². The number of benzene rings is 2. The van der Waals surface area contributed by atoms with Gasteiger partial charge in [0.15, 0.2) is 0 Å². The maximum Gasteiger partial charge on any atom is 0.250 e. The van der Waals surface area contributed by atoms with Crippen molar-refractivity contribution in [3.05, 3.63) is 46.3 Å². The number of ether oxygens (including phenoxy) is 5. The number of nitrogens with one attached hydrogen (secondary N) is 2. The minimum Gasteiger partial charge on any atom is -0.489 e. The maximum absolute atomic E-state index is 12.3. The Morgan fingerprint density at radius 1 is 0.973 bits per heavy atom. The van der Waals surface area contributed by atoms with E-state index in [0.29, 0.717) is 61.2 Å². The quantitative estimate of drug-likeness (QED) is 0.170. The second kappa shape index (κ2) is 16.2. The van der Waals surface area contributed by atoms with Crippen LogP contribution < -0.4 is 15.4 Å². The molecule has 0 aliphatic heterocycles. The molecule has 1 heterocycles. The fraction of sp³-hybridized carbons (Fsp3) is 0.400. The van der Waals surface area contributed by atoms with Gasteiger partial charge in [0, 0.05) is 27.8 Å². The van der Waals surface area contributed by atoms with E-state index in [1.54, 1.807) is 12.1 Å². The third-order valence-electron chi connectivity index (χ3n) is 4.82. The molecule has 2 aromatic carbocycles. The van der Waals surface area contributed by atoms with Crippen LogP contribution in [0.15, 0.2) is 42.7 Å². The molecule has 12 heteroatoms. The highest BCUT2D eigenvalue weighted by molar-refractivity contribution is 14.1. The number of anilines is 3. The minimum atomic E-state index is -0.504. The van der Waals surface area contributed by atoms with Gasteiger partial charge < -0.3 is 34.3 Å². The number of fused-ring (bicyclic) bond motifs is 1. The number of hydrogen-bond acceptors (Lipinski definition) is 9. The number of carbonyl (C=O) groups is 1. The van der Waals surface area contributed by atoms with Gasteiger partial charge in [0.2, 0.25) is 5.91 Å². The monoisotopic (exact) mass is 628 g/mol. The molecule has 0 spiro atoms. The van der Waals surface area contributed by atoms with E-state index in [1.807, 2.05) is 24.3 Å². The normalized spacial score (nSPS) is 11.0. The highest BCUT2D eigenvalue weighted by atomic mass is 127. The average Bonchev–Trinajstić information content (AvgIpc) is 2.88. The number of rotatable bonds is 17. The van der Waals surface area contributed by atoms with Crippen LogP contribution in [0.25, 0.3) is 10.9 Å². The van der Waals surface area contributed by atoms with Crippen LogP contribution in [0, 0.1) is 3.57 Å². The Kier molecular flexibility index (Phi) is 12.7. The van der Waals surface area contributed by atoms with Crippen LogP contribution in [0.2, 0.25) is 0 Å². The lowest BCUT2D eigenvalue weighted by molar-refractivity contribution is -0.119. The number of halogens is 2. The summed E-state index contributed by atoms with van der Waals surface area (Å²) >= 11 is 2.25. The molecule has 0 aliphatic rings. The van der Waals surface area contributed by atoms with E-state index in [0.717, 1.165) is 9.26 Å². The SMILES string of the molecule is COCC(=O)Nc1cc2c(Nc3cccc(I)c3)ncnc2cc1OCCOCCOCCOCCF. The smallest absolute Gasteiger partial charge is 0.250 e. The first-order valence-corrected chi connectivity index (χ1v) is 12.7. The van der Waals surface area contributed by atoms with Crippen molar-refractivity contribution < 1.29 is 32.9 Å². The molecule has 1 amide bonds. The fourth-order valence-corrected chi connectivity index (χ4v) is 3.77. The summed E-state index contributed by atoms with van der Waals surface area (Å²) in [6.45, 7) is 1.53. The van der Waals surface area contributed by atoms with E-state index >= 15 is 0 Å². The molecule has 2 N–H and O–H groups in total. The van der Waals surface area contributed by atoms with Crippen molar-refractivity contribution >= 4 is 56.6 Å². The molecule has 1 aromatic heterocycles. The molecule has 0 bridgehead atoms. The first-order valence-electron chi connectivity index (χ1n) is 11.6. The molecule has 0 fully saturated rings. The Balaban J connectivity index is 1.63. The van der Waals surface area contributed by atoms with Crippen molar-refractivity contribution in [1.29, 1.82) is 0 Å². The highest BCUT2D eigenvalue weighted by Crippen LogP contribution is 2.33. The van der Waals surface area contributed by atoms with Crippen molar-refractivity contribution in [2.75, 3.05) is 77.3 Å². The minimum absolute atomic E-state index is 0.0796. The molecular formula is C25H30FIN4O6. The number of aromatic nitrogens is 2. The van der Waals surface area contributed by atoms with Gasteiger partial charge >= 0.3 is 0 Å². The molecule has 0 radical (unpaired) electrons. The lowest BCUT2D eigenvalue weighted by atomic mass is 10.2. The van der Waals surface area contributed by atoms with Gasteiger partial charge in [-0.25, -0.2) is 14.4 Å². The number of amides is 1. The summed E-state index contributed by atoms with van der Waals surface area (Å²) in [6.07, 6.45) is 1.47. The summed E-state index contributed by atoms with van der Waals surface area (Å²) in [5.41, 5.74) is 1.99. The van der Waals surface area contributed by atoms with Gasteiger partial charge in [-0.3, -0.25) is 4.79 Å². The molecule has 200 valence electrons. The van der Waals surface area contributed by atoms with E-state index in [-0.39, 0.29) is 25.7 Å². The fourth-order valence-electron chi connectivity index (χ4n) is 3.23. The Morgan fingerprint density at radius 3 is 2.41 bits per heavy atom. The Morgan fingerprint density at radius 2 is 1.70 bits per heavy atom. The van der Waals surface area contributed by atoms with Crippen LogP contribution in [0.3, 0.4) is 0 Å². The van der Waals surface area contributed by atoms with E-state index in [2.05, 4.69) is 43.2 Å². The lowest BCUT2D eigenvalue weighted by Crippen LogP contribution is -2.18. The van der Waals surface area contributed by atoms with Gasteiger partial charge in [-0.1, -0.05) is 6.07 Å². The largest absolute Gasteiger partial charge is 0.489 e. The van der Waals surface area contributed by atoms with Gasteiger partial charge in [-0.15, -0.1) is 0 Å². The second-order valence-corrected chi connectivity index (χ2v) is 8.82. The number of hydrogen-bond donors (Lipinski definition) is 2. The number of nitrogens with zero attached hydrogens (tertiary/aromatic N) is 2. The van der Waals surface area contributed by atoms with Crippen molar-refractivity contribution in [3.63, 3.8) is 0 Å². The summed E-state index contributed by atoms with van der Waals surface area (Å²) < 4.78 is 39.7. The molecule has 3 rings (SSSR count). The number of carbonyl (C=O) groups excluding carboxylic acids is 1. The molecule has 0 saturated heterocycles. The summed E-state index contributed by atoms with van der Waals surface area (Å²) in [5.74, 6) is 0.722. The summed E-state index contributed by atoms with van der Waals surface area (Å²) in [5, 5.41) is 6.85. The summed E-state index contributed by atoms with van der Waals surface area (Å²) in [6, 6.07) is 11.4. The van der Waals surface area contributed by atoms with E-state index in [1.165, 1.54) is 13.4 Å². The van der Waals surface area contributed by atoms with Crippen molar-refractivity contribution in [2.45, 2.75) is 0 Å². The van der Waals surface area contributed by atoms with E-state index in [9.17, 15) is 9.18 Å². The van der Waals surface area contributed by atoms with Gasteiger partial charge in [0.1, 0.15) is 37.8 Å². The molecule has 10 nitrogen and oxygen atoms in total.